The van der Waals surface area contributed by atoms with Crippen LogP contribution in [-0.2, 0) is 11.2 Å². The van der Waals surface area contributed by atoms with Crippen LogP contribution in [0.5, 0.6) is 11.5 Å². The lowest BCUT2D eigenvalue weighted by molar-refractivity contribution is -0.384. The van der Waals surface area contributed by atoms with Gasteiger partial charge in [-0.1, -0.05) is 12.1 Å². The lowest BCUT2D eigenvalue weighted by Gasteiger charge is -2.36. The summed E-state index contributed by atoms with van der Waals surface area (Å²) >= 11 is 0. The Hall–Kier alpha value is -3.29. The molecule has 1 aliphatic heterocycles. The molecule has 0 unspecified atom stereocenters. The molecule has 0 saturated carbocycles. The van der Waals surface area contributed by atoms with E-state index in [1.165, 1.54) is 6.07 Å². The highest BCUT2D eigenvalue weighted by Crippen LogP contribution is 2.29. The Morgan fingerprint density at radius 2 is 1.79 bits per heavy atom. The average Bonchev–Trinajstić information content (AvgIpc) is 2.73. The molecule has 28 heavy (non-hydrogen) atoms. The summed E-state index contributed by atoms with van der Waals surface area (Å²) in [7, 11) is 3.15. The Kier molecular flexibility index (Phi) is 5.98. The zero-order valence-corrected chi connectivity index (χ0v) is 16.0. The molecule has 0 spiro atoms. The van der Waals surface area contributed by atoms with Crippen molar-refractivity contribution in [2.24, 2.45) is 0 Å². The molecule has 8 nitrogen and oxygen atoms in total. The van der Waals surface area contributed by atoms with Gasteiger partial charge in [0.25, 0.3) is 5.69 Å². The van der Waals surface area contributed by atoms with E-state index in [1.807, 2.05) is 4.90 Å². The molecule has 0 bridgehead atoms. The summed E-state index contributed by atoms with van der Waals surface area (Å²) in [6.45, 7) is 2.12. The number of hydrogen-bond acceptors (Lipinski definition) is 6. The number of para-hydroxylation sites is 2. The summed E-state index contributed by atoms with van der Waals surface area (Å²) in [5, 5.41) is 11.2. The van der Waals surface area contributed by atoms with Crippen LogP contribution in [0, 0.1) is 10.1 Å². The minimum Gasteiger partial charge on any atom is -0.497 e. The van der Waals surface area contributed by atoms with Crippen molar-refractivity contribution in [3.05, 3.63) is 58.1 Å². The first kappa shape index (κ1) is 19.5. The van der Waals surface area contributed by atoms with E-state index in [4.69, 9.17) is 9.47 Å². The van der Waals surface area contributed by atoms with E-state index in [0.717, 1.165) is 5.56 Å². The van der Waals surface area contributed by atoms with Gasteiger partial charge in [0.05, 0.1) is 25.6 Å². The molecule has 0 aromatic heterocycles. The number of hydrogen-bond donors (Lipinski definition) is 0. The number of nitro benzene ring substituents is 1. The van der Waals surface area contributed by atoms with Crippen molar-refractivity contribution in [1.82, 2.24) is 4.90 Å². The first-order chi connectivity index (χ1) is 13.5. The third kappa shape index (κ3) is 4.16. The zero-order chi connectivity index (χ0) is 20.1. The van der Waals surface area contributed by atoms with Crippen LogP contribution >= 0.6 is 0 Å². The van der Waals surface area contributed by atoms with Crippen LogP contribution in [0.1, 0.15) is 5.56 Å². The largest absolute Gasteiger partial charge is 0.497 e. The quantitative estimate of drug-likeness (QED) is 0.561. The molecule has 8 heteroatoms. The number of nitrogens with zero attached hydrogens (tertiary/aromatic N) is 3. The van der Waals surface area contributed by atoms with Crippen molar-refractivity contribution in [1.29, 1.82) is 0 Å². The summed E-state index contributed by atoms with van der Waals surface area (Å²) in [5.41, 5.74) is 1.45. The van der Waals surface area contributed by atoms with Crippen LogP contribution in [-0.4, -0.2) is 56.1 Å². The second-order valence-corrected chi connectivity index (χ2v) is 6.47. The summed E-state index contributed by atoms with van der Waals surface area (Å²) in [6, 6.07) is 12.1. The van der Waals surface area contributed by atoms with Gasteiger partial charge < -0.3 is 19.3 Å². The summed E-state index contributed by atoms with van der Waals surface area (Å²) in [6.07, 6.45) is 0.214. The third-order valence-corrected chi connectivity index (χ3v) is 4.88. The Bertz CT molecular complexity index is 863. The number of carbonyl (C=O) groups excluding carboxylic acids is 1. The topological polar surface area (TPSA) is 85.2 Å². The number of amides is 1. The predicted molar refractivity (Wildman–Crippen MR) is 105 cm³/mol. The van der Waals surface area contributed by atoms with E-state index in [1.54, 1.807) is 55.5 Å². The highest BCUT2D eigenvalue weighted by atomic mass is 16.6. The maximum absolute atomic E-state index is 12.8. The van der Waals surface area contributed by atoms with Gasteiger partial charge in [-0.3, -0.25) is 14.9 Å². The van der Waals surface area contributed by atoms with Gasteiger partial charge in [0.15, 0.2) is 0 Å². The van der Waals surface area contributed by atoms with Crippen molar-refractivity contribution < 1.29 is 19.2 Å². The van der Waals surface area contributed by atoms with Crippen LogP contribution in [0.25, 0.3) is 0 Å². The fourth-order valence-electron chi connectivity index (χ4n) is 3.38. The van der Waals surface area contributed by atoms with E-state index in [-0.39, 0.29) is 22.9 Å². The van der Waals surface area contributed by atoms with Crippen molar-refractivity contribution >= 4 is 17.3 Å². The zero-order valence-electron chi connectivity index (χ0n) is 16.0. The van der Waals surface area contributed by atoms with Crippen LogP contribution in [0.2, 0.25) is 0 Å². The summed E-state index contributed by atoms with van der Waals surface area (Å²) in [5.74, 6) is 1.31. The second-order valence-electron chi connectivity index (χ2n) is 6.47. The highest BCUT2D eigenvalue weighted by Gasteiger charge is 2.26. The fourth-order valence-corrected chi connectivity index (χ4v) is 3.38. The highest BCUT2D eigenvalue weighted by molar-refractivity contribution is 5.80. The van der Waals surface area contributed by atoms with Gasteiger partial charge in [0.2, 0.25) is 5.91 Å². The molecule has 148 valence electrons. The normalized spacial score (nSPS) is 13.9. The molecule has 2 aromatic carbocycles. The lowest BCUT2D eigenvalue weighted by Crippen LogP contribution is -2.49. The molecule has 0 atom stereocenters. The fraction of sp³-hybridized carbons (Fsp3) is 0.350. The van der Waals surface area contributed by atoms with Gasteiger partial charge >= 0.3 is 0 Å². The summed E-state index contributed by atoms with van der Waals surface area (Å²) in [4.78, 5) is 27.4. The smallest absolute Gasteiger partial charge is 0.292 e. The third-order valence-electron chi connectivity index (χ3n) is 4.88. The molecule has 3 rings (SSSR count). The molecule has 1 amide bonds. The molecule has 1 aliphatic rings. The van der Waals surface area contributed by atoms with Gasteiger partial charge in [-0.05, 0) is 24.3 Å². The number of nitro groups is 1. The Balaban J connectivity index is 1.66. The van der Waals surface area contributed by atoms with Crippen LogP contribution < -0.4 is 14.4 Å². The monoisotopic (exact) mass is 385 g/mol. The molecule has 1 fully saturated rings. The number of carbonyl (C=O) groups is 1. The van der Waals surface area contributed by atoms with Gasteiger partial charge in [-0.2, -0.15) is 0 Å². The Morgan fingerprint density at radius 3 is 2.43 bits per heavy atom. The van der Waals surface area contributed by atoms with Crippen molar-refractivity contribution in [2.45, 2.75) is 6.42 Å². The molecule has 0 radical (unpaired) electrons. The number of benzene rings is 2. The van der Waals surface area contributed by atoms with E-state index >= 15 is 0 Å². The SMILES string of the molecule is COc1ccc(OC)c(CC(=O)N2CCN(c3ccccc3[N+](=O)[O-])CC2)c1. The van der Waals surface area contributed by atoms with Crippen molar-refractivity contribution in [2.75, 3.05) is 45.3 Å². The molecular formula is C20H23N3O5. The number of piperazine rings is 1. The lowest BCUT2D eigenvalue weighted by atomic mass is 10.1. The molecule has 0 aliphatic carbocycles. The van der Waals surface area contributed by atoms with E-state index in [2.05, 4.69) is 0 Å². The predicted octanol–water partition coefficient (Wildman–Crippen LogP) is 2.50. The van der Waals surface area contributed by atoms with Crippen LogP contribution in [0.3, 0.4) is 0 Å². The van der Waals surface area contributed by atoms with Crippen molar-refractivity contribution in [3.8, 4) is 11.5 Å². The van der Waals surface area contributed by atoms with Crippen LogP contribution in [0.15, 0.2) is 42.5 Å². The standard InChI is InChI=1S/C20H23N3O5/c1-27-16-7-8-19(28-2)15(13-16)14-20(24)22-11-9-21(10-12-22)17-5-3-4-6-18(17)23(25)26/h3-8,13H,9-12,14H2,1-2H3. The van der Waals surface area contributed by atoms with Gasteiger partial charge in [-0.25, -0.2) is 0 Å². The maximum Gasteiger partial charge on any atom is 0.292 e. The van der Waals surface area contributed by atoms with Crippen LogP contribution in [0.4, 0.5) is 11.4 Å². The number of anilines is 1. The Morgan fingerprint density at radius 1 is 1.07 bits per heavy atom. The summed E-state index contributed by atoms with van der Waals surface area (Å²) < 4.78 is 10.6. The first-order valence-electron chi connectivity index (χ1n) is 9.00. The Labute approximate surface area is 163 Å². The minimum absolute atomic E-state index is 0.00577. The van der Waals surface area contributed by atoms with Gasteiger partial charge in [0.1, 0.15) is 17.2 Å². The molecule has 1 heterocycles. The maximum atomic E-state index is 12.8. The second kappa shape index (κ2) is 8.60. The van der Waals surface area contributed by atoms with E-state index < -0.39 is 0 Å². The molecular weight excluding hydrogens is 362 g/mol. The minimum atomic E-state index is -0.373. The van der Waals surface area contributed by atoms with E-state index in [0.29, 0.717) is 43.4 Å². The van der Waals surface area contributed by atoms with Gasteiger partial charge in [0, 0.05) is 37.8 Å². The number of methoxy groups -OCH3 is 2. The van der Waals surface area contributed by atoms with Crippen molar-refractivity contribution in [3.63, 3.8) is 0 Å². The number of rotatable bonds is 6. The molecule has 0 N–H and O–H groups in total. The van der Waals surface area contributed by atoms with Gasteiger partial charge in [-0.15, -0.1) is 0 Å². The molecule has 1 saturated heterocycles. The number of ether oxygens (including phenoxy) is 2. The average molecular weight is 385 g/mol. The first-order valence-corrected chi connectivity index (χ1v) is 9.00. The van der Waals surface area contributed by atoms with E-state index in [9.17, 15) is 14.9 Å². The molecule has 2 aromatic rings.